The first-order valence-corrected chi connectivity index (χ1v) is 5.11. The third-order valence-corrected chi connectivity index (χ3v) is 2.63. The first-order valence-electron chi connectivity index (χ1n) is 3.89. The summed E-state index contributed by atoms with van der Waals surface area (Å²) in [5, 5.41) is 3.90. The zero-order valence-electron chi connectivity index (χ0n) is 7.07. The van der Waals surface area contributed by atoms with Crippen LogP contribution in [0.2, 0.25) is 0 Å². The summed E-state index contributed by atoms with van der Waals surface area (Å²) in [6, 6.07) is 8.04. The van der Waals surface area contributed by atoms with Gasteiger partial charge in [0, 0.05) is 0 Å². The third-order valence-electron chi connectivity index (χ3n) is 1.58. The highest BCUT2D eigenvalue weighted by atomic mass is 32.1. The van der Waals surface area contributed by atoms with Crippen LogP contribution < -0.4 is 5.32 Å². The van der Waals surface area contributed by atoms with E-state index in [4.69, 9.17) is 12.2 Å². The van der Waals surface area contributed by atoms with Crippen molar-refractivity contribution in [3.05, 3.63) is 24.3 Å². The van der Waals surface area contributed by atoms with E-state index in [1.54, 1.807) is 11.3 Å². The maximum atomic E-state index is 4.94. The number of para-hydroxylation sites is 1. The van der Waals surface area contributed by atoms with E-state index in [9.17, 15) is 0 Å². The number of hydrogen-bond acceptors (Lipinski definition) is 3. The molecular formula is C9H8N2S2. The van der Waals surface area contributed by atoms with Gasteiger partial charge < -0.3 is 5.32 Å². The Balaban J connectivity index is 2.44. The number of nitrogens with one attached hydrogen (secondary N) is 1. The summed E-state index contributed by atoms with van der Waals surface area (Å²) >= 11 is 6.55. The quantitative estimate of drug-likeness (QED) is 0.729. The molecule has 0 bridgehead atoms. The highest BCUT2D eigenvalue weighted by molar-refractivity contribution is 7.80. The molecule has 0 spiro atoms. The molecule has 1 aromatic heterocycles. The molecule has 1 N–H and O–H groups in total. The Bertz CT molecular complexity index is 415. The highest BCUT2D eigenvalue weighted by Crippen LogP contribution is 2.25. The van der Waals surface area contributed by atoms with Crippen molar-refractivity contribution in [1.82, 2.24) is 4.98 Å². The van der Waals surface area contributed by atoms with Crippen LogP contribution in [0, 0.1) is 0 Å². The lowest BCUT2D eigenvalue weighted by atomic mass is 10.3. The number of anilines is 1. The number of nitrogens with zero attached hydrogens (tertiary/aromatic N) is 1. The first-order chi connectivity index (χ1) is 6.25. The van der Waals surface area contributed by atoms with Crippen molar-refractivity contribution in [1.29, 1.82) is 0 Å². The zero-order valence-corrected chi connectivity index (χ0v) is 8.71. The predicted molar refractivity (Wildman–Crippen MR) is 61.5 cm³/mol. The van der Waals surface area contributed by atoms with Crippen LogP contribution in [0.5, 0.6) is 0 Å². The fourth-order valence-electron chi connectivity index (χ4n) is 1.08. The molecule has 0 aliphatic heterocycles. The van der Waals surface area contributed by atoms with E-state index in [-0.39, 0.29) is 0 Å². The van der Waals surface area contributed by atoms with Gasteiger partial charge in [-0.25, -0.2) is 4.98 Å². The topological polar surface area (TPSA) is 24.9 Å². The fourth-order valence-corrected chi connectivity index (χ4v) is 2.16. The zero-order chi connectivity index (χ0) is 9.26. The molecule has 66 valence electrons. The van der Waals surface area contributed by atoms with E-state index in [1.165, 1.54) is 4.70 Å². The van der Waals surface area contributed by atoms with Crippen molar-refractivity contribution >= 4 is 43.9 Å². The van der Waals surface area contributed by atoms with E-state index < -0.39 is 0 Å². The van der Waals surface area contributed by atoms with E-state index in [0.717, 1.165) is 15.6 Å². The van der Waals surface area contributed by atoms with Crippen LogP contribution in [0.1, 0.15) is 6.92 Å². The molecule has 0 radical (unpaired) electrons. The number of fused-ring (bicyclic) bond motifs is 1. The minimum Gasteiger partial charge on any atom is -0.326 e. The normalized spacial score (nSPS) is 10.2. The average molecular weight is 208 g/mol. The Morgan fingerprint density at radius 2 is 2.23 bits per heavy atom. The van der Waals surface area contributed by atoms with E-state index >= 15 is 0 Å². The average Bonchev–Trinajstić information content (AvgIpc) is 2.44. The minimum atomic E-state index is 0.749. The molecular weight excluding hydrogens is 200 g/mol. The van der Waals surface area contributed by atoms with Gasteiger partial charge in [-0.3, -0.25) is 0 Å². The standard InChI is InChI=1S/C9H8N2S2/c1-6(12)10-9-11-7-4-2-3-5-8(7)13-9/h2-5H,1H3,(H,10,11,12). The molecule has 0 fully saturated rings. The van der Waals surface area contributed by atoms with Crippen LogP contribution in [-0.2, 0) is 0 Å². The fraction of sp³-hybridized carbons (Fsp3) is 0.111. The van der Waals surface area contributed by atoms with Gasteiger partial charge in [0.15, 0.2) is 5.13 Å². The van der Waals surface area contributed by atoms with Crippen molar-refractivity contribution in [3.8, 4) is 0 Å². The second kappa shape index (κ2) is 3.40. The summed E-state index contributed by atoms with van der Waals surface area (Å²) in [5.41, 5.74) is 1.02. The SMILES string of the molecule is CC(=S)Nc1nc2ccccc2s1. The monoisotopic (exact) mass is 208 g/mol. The van der Waals surface area contributed by atoms with Crippen LogP contribution in [0.25, 0.3) is 10.2 Å². The van der Waals surface area contributed by atoms with Gasteiger partial charge in [0.05, 0.1) is 15.2 Å². The summed E-state index contributed by atoms with van der Waals surface area (Å²) in [6.07, 6.45) is 0. The van der Waals surface area contributed by atoms with Gasteiger partial charge >= 0.3 is 0 Å². The Labute approximate surface area is 85.6 Å². The Kier molecular flexibility index (Phi) is 2.24. The van der Waals surface area contributed by atoms with Crippen molar-refractivity contribution in [2.45, 2.75) is 6.92 Å². The van der Waals surface area contributed by atoms with Crippen LogP contribution >= 0.6 is 23.6 Å². The van der Waals surface area contributed by atoms with Gasteiger partial charge in [-0.2, -0.15) is 0 Å². The molecule has 2 aromatic rings. The summed E-state index contributed by atoms with van der Waals surface area (Å²) in [4.78, 5) is 5.12. The number of thiazole rings is 1. The summed E-state index contributed by atoms with van der Waals surface area (Å²) < 4.78 is 1.18. The number of aromatic nitrogens is 1. The lowest BCUT2D eigenvalue weighted by Gasteiger charge is -1.94. The molecule has 2 rings (SSSR count). The molecule has 0 aliphatic carbocycles. The van der Waals surface area contributed by atoms with Gasteiger partial charge in [-0.1, -0.05) is 35.7 Å². The van der Waals surface area contributed by atoms with Crippen LogP contribution in [0.15, 0.2) is 24.3 Å². The van der Waals surface area contributed by atoms with Crippen molar-refractivity contribution in [2.75, 3.05) is 5.32 Å². The number of thiocarbonyl (C=S) groups is 1. The summed E-state index contributed by atoms with van der Waals surface area (Å²) in [5.74, 6) is 0. The molecule has 2 nitrogen and oxygen atoms in total. The number of rotatable bonds is 1. The van der Waals surface area contributed by atoms with Crippen LogP contribution in [-0.4, -0.2) is 9.97 Å². The van der Waals surface area contributed by atoms with Gasteiger partial charge in [0.1, 0.15) is 0 Å². The predicted octanol–water partition coefficient (Wildman–Crippen LogP) is 3.06. The van der Waals surface area contributed by atoms with Crippen molar-refractivity contribution < 1.29 is 0 Å². The lowest BCUT2D eigenvalue weighted by Crippen LogP contribution is -2.02. The lowest BCUT2D eigenvalue weighted by molar-refractivity contribution is 1.47. The molecule has 0 aliphatic rings. The maximum absolute atomic E-state index is 4.94. The van der Waals surface area contributed by atoms with Gasteiger partial charge in [0.2, 0.25) is 0 Å². The molecule has 0 unspecified atom stereocenters. The highest BCUT2D eigenvalue weighted by Gasteiger charge is 2.01. The molecule has 13 heavy (non-hydrogen) atoms. The smallest absolute Gasteiger partial charge is 0.188 e. The van der Waals surface area contributed by atoms with E-state index in [2.05, 4.69) is 16.4 Å². The van der Waals surface area contributed by atoms with Gasteiger partial charge in [-0.05, 0) is 19.1 Å². The summed E-state index contributed by atoms with van der Waals surface area (Å²) in [6.45, 7) is 1.85. The molecule has 4 heteroatoms. The molecule has 0 saturated heterocycles. The Hall–Kier alpha value is -1.00. The molecule has 0 amide bonds. The molecule has 1 heterocycles. The van der Waals surface area contributed by atoms with Crippen LogP contribution in [0.3, 0.4) is 0 Å². The van der Waals surface area contributed by atoms with E-state index in [0.29, 0.717) is 0 Å². The van der Waals surface area contributed by atoms with E-state index in [1.807, 2.05) is 25.1 Å². The largest absolute Gasteiger partial charge is 0.326 e. The molecule has 1 aromatic carbocycles. The summed E-state index contributed by atoms with van der Waals surface area (Å²) in [7, 11) is 0. The minimum absolute atomic E-state index is 0.749. The van der Waals surface area contributed by atoms with Crippen LogP contribution in [0.4, 0.5) is 5.13 Å². The number of hydrogen-bond donors (Lipinski definition) is 1. The molecule has 0 saturated carbocycles. The first kappa shape index (κ1) is 8.59. The van der Waals surface area contributed by atoms with Crippen molar-refractivity contribution in [3.63, 3.8) is 0 Å². The maximum Gasteiger partial charge on any atom is 0.188 e. The second-order valence-electron chi connectivity index (χ2n) is 2.67. The van der Waals surface area contributed by atoms with Gasteiger partial charge in [0.25, 0.3) is 0 Å². The van der Waals surface area contributed by atoms with Gasteiger partial charge in [-0.15, -0.1) is 0 Å². The second-order valence-corrected chi connectivity index (χ2v) is 4.31. The Morgan fingerprint density at radius 3 is 2.92 bits per heavy atom. The Morgan fingerprint density at radius 1 is 1.46 bits per heavy atom. The van der Waals surface area contributed by atoms with Crippen molar-refractivity contribution in [2.24, 2.45) is 0 Å². The third kappa shape index (κ3) is 1.84. The number of benzene rings is 1. The molecule has 0 atom stereocenters.